The smallest absolute Gasteiger partial charge is 0.208 e. The van der Waals surface area contributed by atoms with Crippen molar-refractivity contribution in [3.05, 3.63) is 95.7 Å². The summed E-state index contributed by atoms with van der Waals surface area (Å²) in [5.41, 5.74) is 2.00. The lowest BCUT2D eigenvalue weighted by atomic mass is 10.0. The molecule has 0 spiro atoms. The van der Waals surface area contributed by atoms with Gasteiger partial charge in [-0.15, -0.1) is 0 Å². The molecule has 0 fully saturated rings. The number of carbonyl (C=O) groups excluding carboxylic acids is 1. The van der Waals surface area contributed by atoms with Gasteiger partial charge in [-0.1, -0.05) is 49.4 Å². The molecule has 3 aromatic carbocycles. The Morgan fingerprint density at radius 3 is 2.32 bits per heavy atom. The second-order valence-corrected chi connectivity index (χ2v) is 8.97. The lowest BCUT2D eigenvalue weighted by Crippen LogP contribution is -2.13. The number of sulfone groups is 1. The number of aryl methyl sites for hydroxylation is 1. The molecule has 0 atom stereocenters. The highest BCUT2D eigenvalue weighted by Crippen LogP contribution is 2.33. The van der Waals surface area contributed by atoms with Gasteiger partial charge in [-0.25, -0.2) is 8.42 Å². The van der Waals surface area contributed by atoms with E-state index in [0.29, 0.717) is 22.2 Å². The van der Waals surface area contributed by atoms with Crippen LogP contribution < -0.4 is 4.74 Å². The van der Waals surface area contributed by atoms with Crippen molar-refractivity contribution < 1.29 is 17.9 Å². The van der Waals surface area contributed by atoms with E-state index in [2.05, 4.69) is 4.98 Å². The molecule has 4 aromatic rings. The molecule has 1 heterocycles. The van der Waals surface area contributed by atoms with E-state index < -0.39 is 15.6 Å². The Labute approximate surface area is 181 Å². The van der Waals surface area contributed by atoms with E-state index in [-0.39, 0.29) is 15.4 Å². The molecule has 0 aliphatic rings. The normalized spacial score (nSPS) is 11.4. The predicted molar refractivity (Wildman–Crippen MR) is 119 cm³/mol. The number of methoxy groups -OCH3 is 1. The van der Waals surface area contributed by atoms with Gasteiger partial charge in [-0.2, -0.15) is 0 Å². The maximum absolute atomic E-state index is 13.7. The van der Waals surface area contributed by atoms with Crippen LogP contribution in [0.5, 0.6) is 5.75 Å². The number of aromatic nitrogens is 1. The summed E-state index contributed by atoms with van der Waals surface area (Å²) in [4.78, 5) is 17.8. The number of carbonyl (C=O) groups is 1. The summed E-state index contributed by atoms with van der Waals surface area (Å²) in [6.07, 6.45) is 2.19. The third-order valence-corrected chi connectivity index (χ3v) is 7.09. The molecule has 0 aliphatic carbocycles. The van der Waals surface area contributed by atoms with Gasteiger partial charge in [0.1, 0.15) is 5.75 Å². The van der Waals surface area contributed by atoms with Crippen LogP contribution in [-0.2, 0) is 16.3 Å². The van der Waals surface area contributed by atoms with Crippen molar-refractivity contribution in [2.24, 2.45) is 0 Å². The molecule has 0 amide bonds. The van der Waals surface area contributed by atoms with E-state index in [1.165, 1.54) is 25.4 Å². The van der Waals surface area contributed by atoms with Crippen molar-refractivity contribution in [1.82, 2.24) is 4.98 Å². The summed E-state index contributed by atoms with van der Waals surface area (Å²) >= 11 is 0. The van der Waals surface area contributed by atoms with Gasteiger partial charge in [0.15, 0.2) is 5.78 Å². The van der Waals surface area contributed by atoms with Crippen LogP contribution in [0, 0.1) is 0 Å². The number of hydrogen-bond acceptors (Lipinski definition) is 5. The number of ketones is 1. The zero-order valence-corrected chi connectivity index (χ0v) is 18.0. The second kappa shape index (κ2) is 8.32. The zero-order chi connectivity index (χ0) is 22.0. The average Bonchev–Trinajstić information content (AvgIpc) is 2.83. The standard InChI is InChI=1S/C25H21NO4S/c1-3-17-9-11-18(12-10-17)24(27)22-16-26-23-14-13-19(30-2)15-21(23)25(22)31(28,29)20-7-5-4-6-8-20/h4-16H,3H2,1-2H3. The largest absolute Gasteiger partial charge is 0.497 e. The van der Waals surface area contributed by atoms with Crippen molar-refractivity contribution >= 4 is 26.5 Å². The van der Waals surface area contributed by atoms with Crippen LogP contribution >= 0.6 is 0 Å². The maximum Gasteiger partial charge on any atom is 0.208 e. The summed E-state index contributed by atoms with van der Waals surface area (Å²) in [5, 5.41) is 0.347. The Hall–Kier alpha value is -3.51. The first-order valence-electron chi connectivity index (χ1n) is 9.86. The summed E-state index contributed by atoms with van der Waals surface area (Å²) < 4.78 is 32.7. The molecule has 0 unspecified atom stereocenters. The molecule has 0 N–H and O–H groups in total. The monoisotopic (exact) mass is 431 g/mol. The number of nitrogens with zero attached hydrogens (tertiary/aromatic N) is 1. The van der Waals surface area contributed by atoms with Crippen LogP contribution in [0.1, 0.15) is 28.4 Å². The molecule has 5 nitrogen and oxygen atoms in total. The lowest BCUT2D eigenvalue weighted by molar-refractivity contribution is 0.103. The summed E-state index contributed by atoms with van der Waals surface area (Å²) in [6.45, 7) is 2.03. The van der Waals surface area contributed by atoms with Crippen molar-refractivity contribution in [3.63, 3.8) is 0 Å². The van der Waals surface area contributed by atoms with Crippen LogP contribution in [0.25, 0.3) is 10.9 Å². The van der Waals surface area contributed by atoms with Crippen molar-refractivity contribution in [1.29, 1.82) is 0 Å². The third kappa shape index (κ3) is 3.82. The fourth-order valence-electron chi connectivity index (χ4n) is 3.49. The molecule has 6 heteroatoms. The Balaban J connectivity index is 2.01. The highest BCUT2D eigenvalue weighted by atomic mass is 32.2. The first-order chi connectivity index (χ1) is 15.0. The Morgan fingerprint density at radius 1 is 0.968 bits per heavy atom. The van der Waals surface area contributed by atoms with Gasteiger partial charge in [-0.05, 0) is 42.3 Å². The van der Waals surface area contributed by atoms with Gasteiger partial charge < -0.3 is 4.74 Å². The van der Waals surface area contributed by atoms with E-state index in [0.717, 1.165) is 12.0 Å². The molecule has 0 aliphatic heterocycles. The first kappa shape index (κ1) is 20.8. The van der Waals surface area contributed by atoms with Crippen molar-refractivity contribution in [3.8, 4) is 5.75 Å². The molecule has 1 aromatic heterocycles. The van der Waals surface area contributed by atoms with E-state index in [1.807, 2.05) is 19.1 Å². The molecule has 31 heavy (non-hydrogen) atoms. The third-order valence-electron chi connectivity index (χ3n) is 5.22. The predicted octanol–water partition coefficient (Wildman–Crippen LogP) is 4.87. The molecule has 0 saturated carbocycles. The molecule has 4 rings (SSSR count). The molecular formula is C25H21NO4S. The van der Waals surface area contributed by atoms with Gasteiger partial charge in [0.05, 0.1) is 28.0 Å². The van der Waals surface area contributed by atoms with Crippen molar-refractivity contribution in [2.45, 2.75) is 23.1 Å². The Bertz CT molecular complexity index is 1360. The lowest BCUT2D eigenvalue weighted by Gasteiger charge is -2.14. The van der Waals surface area contributed by atoms with Gasteiger partial charge in [0.2, 0.25) is 9.84 Å². The van der Waals surface area contributed by atoms with Crippen LogP contribution in [0.4, 0.5) is 0 Å². The van der Waals surface area contributed by atoms with Crippen LogP contribution in [0.3, 0.4) is 0 Å². The van der Waals surface area contributed by atoms with Crippen LogP contribution in [-0.4, -0.2) is 26.3 Å². The van der Waals surface area contributed by atoms with Crippen molar-refractivity contribution in [2.75, 3.05) is 7.11 Å². The second-order valence-electron chi connectivity index (χ2n) is 7.08. The molecule has 0 bridgehead atoms. The number of ether oxygens (including phenoxy) is 1. The maximum atomic E-state index is 13.7. The number of hydrogen-bond donors (Lipinski definition) is 0. The molecule has 0 radical (unpaired) electrons. The van der Waals surface area contributed by atoms with E-state index >= 15 is 0 Å². The Morgan fingerprint density at radius 2 is 1.68 bits per heavy atom. The van der Waals surface area contributed by atoms with Crippen LogP contribution in [0.2, 0.25) is 0 Å². The minimum atomic E-state index is -4.00. The van der Waals surface area contributed by atoms with Crippen LogP contribution in [0.15, 0.2) is 88.8 Å². The summed E-state index contributed by atoms with van der Waals surface area (Å²) in [7, 11) is -2.50. The molecular weight excluding hydrogens is 410 g/mol. The summed E-state index contributed by atoms with van der Waals surface area (Å²) in [6, 6.07) is 20.3. The van der Waals surface area contributed by atoms with E-state index in [1.54, 1.807) is 48.5 Å². The van der Waals surface area contributed by atoms with E-state index in [9.17, 15) is 13.2 Å². The minimum absolute atomic E-state index is 0.0360. The van der Waals surface area contributed by atoms with E-state index in [4.69, 9.17) is 4.74 Å². The van der Waals surface area contributed by atoms with Gasteiger partial charge in [-0.3, -0.25) is 9.78 Å². The highest BCUT2D eigenvalue weighted by molar-refractivity contribution is 7.91. The molecule has 156 valence electrons. The van der Waals surface area contributed by atoms with Gasteiger partial charge >= 0.3 is 0 Å². The zero-order valence-electron chi connectivity index (χ0n) is 17.2. The minimum Gasteiger partial charge on any atom is -0.497 e. The first-order valence-corrected chi connectivity index (χ1v) is 11.3. The molecule has 0 saturated heterocycles. The Kier molecular flexibility index (Phi) is 5.57. The number of benzene rings is 3. The van der Waals surface area contributed by atoms with Gasteiger partial charge in [0.25, 0.3) is 0 Å². The average molecular weight is 432 g/mol. The SMILES string of the molecule is CCc1ccc(C(=O)c2cnc3ccc(OC)cc3c2S(=O)(=O)c2ccccc2)cc1. The summed E-state index contributed by atoms with van der Waals surface area (Å²) in [5.74, 6) is 0.0880. The van der Waals surface area contributed by atoms with Gasteiger partial charge in [0, 0.05) is 17.1 Å². The number of rotatable bonds is 6. The quantitative estimate of drug-likeness (QED) is 0.407. The highest BCUT2D eigenvalue weighted by Gasteiger charge is 2.28. The fourth-order valence-corrected chi connectivity index (χ4v) is 5.13. The number of fused-ring (bicyclic) bond motifs is 1. The topological polar surface area (TPSA) is 73.3 Å². The fraction of sp³-hybridized carbons (Fsp3) is 0.120. The number of pyridine rings is 1.